The Bertz CT molecular complexity index is 152. The van der Waals surface area contributed by atoms with Crippen LogP contribution in [-0.2, 0) is 4.79 Å². The molecule has 0 radical (unpaired) electrons. The summed E-state index contributed by atoms with van der Waals surface area (Å²) >= 11 is 1.29. The SMILES string of the molecule is O=CC1=CN=NSC1. The van der Waals surface area contributed by atoms with Gasteiger partial charge in [-0.2, -0.15) is 5.11 Å². The van der Waals surface area contributed by atoms with Gasteiger partial charge in [-0.15, -0.1) is 4.52 Å². The topological polar surface area (TPSA) is 41.8 Å². The molecular weight excluding hydrogens is 124 g/mol. The van der Waals surface area contributed by atoms with E-state index in [0.29, 0.717) is 11.3 Å². The predicted octanol–water partition coefficient (Wildman–Crippen LogP) is 1.18. The van der Waals surface area contributed by atoms with E-state index in [-0.39, 0.29) is 0 Å². The van der Waals surface area contributed by atoms with E-state index in [1.54, 1.807) is 0 Å². The van der Waals surface area contributed by atoms with Crippen LogP contribution in [0, 0.1) is 0 Å². The van der Waals surface area contributed by atoms with Gasteiger partial charge in [-0.05, 0) is 0 Å². The van der Waals surface area contributed by atoms with Crippen molar-refractivity contribution in [2.75, 3.05) is 5.75 Å². The highest BCUT2D eigenvalue weighted by Gasteiger charge is 1.97. The van der Waals surface area contributed by atoms with Crippen molar-refractivity contribution in [1.29, 1.82) is 0 Å². The summed E-state index contributed by atoms with van der Waals surface area (Å²) in [5.41, 5.74) is 0.699. The van der Waals surface area contributed by atoms with Gasteiger partial charge < -0.3 is 0 Å². The van der Waals surface area contributed by atoms with Crippen molar-refractivity contribution in [3.05, 3.63) is 11.8 Å². The number of rotatable bonds is 1. The first-order valence-corrected chi connectivity index (χ1v) is 3.04. The van der Waals surface area contributed by atoms with Gasteiger partial charge in [-0.25, -0.2) is 0 Å². The zero-order chi connectivity index (χ0) is 5.82. The minimum atomic E-state index is 0.660. The lowest BCUT2D eigenvalue weighted by molar-refractivity contribution is -0.104. The van der Waals surface area contributed by atoms with E-state index in [1.807, 2.05) is 0 Å². The molecule has 0 spiro atoms. The Morgan fingerprint density at radius 1 is 1.88 bits per heavy atom. The monoisotopic (exact) mass is 128 g/mol. The van der Waals surface area contributed by atoms with Gasteiger partial charge in [0.1, 0.15) is 6.29 Å². The minimum Gasteiger partial charge on any atom is -0.298 e. The smallest absolute Gasteiger partial charge is 0.148 e. The second-order valence-electron chi connectivity index (χ2n) is 1.29. The molecule has 0 aromatic rings. The largest absolute Gasteiger partial charge is 0.298 e. The average Bonchev–Trinajstić information content (AvgIpc) is 1.90. The van der Waals surface area contributed by atoms with Crippen LogP contribution in [0.1, 0.15) is 0 Å². The molecule has 0 aromatic carbocycles. The van der Waals surface area contributed by atoms with Gasteiger partial charge in [0, 0.05) is 23.3 Å². The fourth-order valence-corrected chi connectivity index (χ4v) is 0.799. The van der Waals surface area contributed by atoms with Crippen LogP contribution in [0.15, 0.2) is 21.4 Å². The van der Waals surface area contributed by atoms with Gasteiger partial charge in [0.05, 0.1) is 6.20 Å². The number of hydrogen-bond donors (Lipinski definition) is 0. The Kier molecular flexibility index (Phi) is 1.80. The summed E-state index contributed by atoms with van der Waals surface area (Å²) < 4.78 is 3.58. The van der Waals surface area contributed by atoms with Gasteiger partial charge in [-0.3, -0.25) is 4.79 Å². The number of carbonyl (C=O) groups is 1. The van der Waals surface area contributed by atoms with Crippen molar-refractivity contribution in [3.8, 4) is 0 Å². The summed E-state index contributed by atoms with van der Waals surface area (Å²) in [6.45, 7) is 0. The van der Waals surface area contributed by atoms with Crippen LogP contribution in [0.5, 0.6) is 0 Å². The molecule has 0 saturated heterocycles. The fourth-order valence-electron chi connectivity index (χ4n) is 0.336. The standard InChI is InChI=1S/C4H4N2OS/c7-2-4-1-5-6-8-3-4/h1-2H,3H2. The van der Waals surface area contributed by atoms with Crippen LogP contribution in [-0.4, -0.2) is 12.0 Å². The summed E-state index contributed by atoms with van der Waals surface area (Å²) in [6, 6.07) is 0. The van der Waals surface area contributed by atoms with Crippen LogP contribution >= 0.6 is 11.9 Å². The molecule has 0 fully saturated rings. The molecule has 0 unspecified atom stereocenters. The molecule has 0 saturated carbocycles. The predicted molar refractivity (Wildman–Crippen MR) is 31.5 cm³/mol. The molecular formula is C4H4N2OS. The van der Waals surface area contributed by atoms with Gasteiger partial charge in [0.25, 0.3) is 0 Å². The van der Waals surface area contributed by atoms with Gasteiger partial charge in [0.2, 0.25) is 0 Å². The molecule has 8 heavy (non-hydrogen) atoms. The molecule has 1 aliphatic heterocycles. The van der Waals surface area contributed by atoms with Gasteiger partial charge in [-0.1, -0.05) is 0 Å². The lowest BCUT2D eigenvalue weighted by Gasteiger charge is -1.94. The zero-order valence-electron chi connectivity index (χ0n) is 4.07. The lowest BCUT2D eigenvalue weighted by Crippen LogP contribution is -1.88. The lowest BCUT2D eigenvalue weighted by atomic mass is 10.4. The molecule has 1 rings (SSSR count). The van der Waals surface area contributed by atoms with E-state index in [1.165, 1.54) is 18.1 Å². The summed E-state index contributed by atoms with van der Waals surface area (Å²) in [4.78, 5) is 9.98. The maximum atomic E-state index is 9.98. The molecule has 3 nitrogen and oxygen atoms in total. The Balaban J connectivity index is 2.63. The zero-order valence-corrected chi connectivity index (χ0v) is 4.89. The Hall–Kier alpha value is -0.640. The molecule has 1 heterocycles. The summed E-state index contributed by atoms with van der Waals surface area (Å²) in [5.74, 6) is 0.660. The number of aldehydes is 1. The quantitative estimate of drug-likeness (QED) is 0.393. The molecule has 0 atom stereocenters. The molecule has 0 bridgehead atoms. The minimum absolute atomic E-state index is 0.660. The third-order valence-corrected chi connectivity index (χ3v) is 1.38. The maximum Gasteiger partial charge on any atom is 0.148 e. The third-order valence-electron chi connectivity index (χ3n) is 0.711. The highest BCUT2D eigenvalue weighted by Crippen LogP contribution is 2.12. The first-order valence-electron chi connectivity index (χ1n) is 2.10. The highest BCUT2D eigenvalue weighted by molar-refractivity contribution is 7.98. The summed E-state index contributed by atoms with van der Waals surface area (Å²) in [7, 11) is 0. The Morgan fingerprint density at radius 2 is 2.75 bits per heavy atom. The molecule has 4 heteroatoms. The number of carbonyl (C=O) groups excluding carboxylic acids is 1. The number of nitrogens with zero attached hydrogens (tertiary/aromatic N) is 2. The highest BCUT2D eigenvalue weighted by atomic mass is 32.2. The van der Waals surface area contributed by atoms with Crippen LogP contribution < -0.4 is 0 Å². The number of hydrogen-bond acceptors (Lipinski definition) is 4. The molecule has 0 aliphatic carbocycles. The van der Waals surface area contributed by atoms with Crippen molar-refractivity contribution >= 4 is 18.2 Å². The molecule has 0 amide bonds. The normalized spacial score (nSPS) is 17.8. The second-order valence-corrected chi connectivity index (χ2v) is 2.00. The van der Waals surface area contributed by atoms with E-state index >= 15 is 0 Å². The van der Waals surface area contributed by atoms with Crippen molar-refractivity contribution < 1.29 is 4.79 Å². The van der Waals surface area contributed by atoms with Crippen LogP contribution in [0.4, 0.5) is 0 Å². The van der Waals surface area contributed by atoms with Crippen molar-refractivity contribution in [2.24, 2.45) is 9.63 Å². The Labute approximate surface area is 51.0 Å². The first-order chi connectivity index (χ1) is 3.93. The molecule has 1 aliphatic rings. The van der Waals surface area contributed by atoms with Crippen LogP contribution in [0.25, 0.3) is 0 Å². The fraction of sp³-hybridized carbons (Fsp3) is 0.250. The second kappa shape index (κ2) is 2.61. The summed E-state index contributed by atoms with van der Waals surface area (Å²) in [5, 5.41) is 3.52. The van der Waals surface area contributed by atoms with Crippen molar-refractivity contribution in [1.82, 2.24) is 0 Å². The average molecular weight is 128 g/mol. The van der Waals surface area contributed by atoms with Crippen LogP contribution in [0.3, 0.4) is 0 Å². The molecule has 0 aromatic heterocycles. The molecule has 0 N–H and O–H groups in total. The van der Waals surface area contributed by atoms with E-state index in [9.17, 15) is 4.79 Å². The van der Waals surface area contributed by atoms with E-state index < -0.39 is 0 Å². The Morgan fingerprint density at radius 3 is 3.12 bits per heavy atom. The van der Waals surface area contributed by atoms with E-state index in [2.05, 4.69) is 9.63 Å². The van der Waals surface area contributed by atoms with E-state index in [0.717, 1.165) is 6.29 Å². The van der Waals surface area contributed by atoms with E-state index in [4.69, 9.17) is 0 Å². The molecule has 42 valence electrons. The van der Waals surface area contributed by atoms with Crippen LogP contribution in [0.2, 0.25) is 0 Å². The van der Waals surface area contributed by atoms with Crippen molar-refractivity contribution in [3.63, 3.8) is 0 Å². The van der Waals surface area contributed by atoms with Gasteiger partial charge in [0.15, 0.2) is 0 Å². The first kappa shape index (κ1) is 5.50. The third kappa shape index (κ3) is 1.16. The summed E-state index contributed by atoms with van der Waals surface area (Å²) in [6.07, 6.45) is 2.27. The van der Waals surface area contributed by atoms with Crippen molar-refractivity contribution in [2.45, 2.75) is 0 Å². The van der Waals surface area contributed by atoms with Gasteiger partial charge >= 0.3 is 0 Å². The maximum absolute atomic E-state index is 9.98.